The number of hydrogen-bond donors (Lipinski definition) is 0. The number of rotatable bonds is 5. The van der Waals surface area contributed by atoms with Gasteiger partial charge >= 0.3 is 0 Å². The molecule has 0 spiro atoms. The average Bonchev–Trinajstić information content (AvgIpc) is 2.36. The normalized spacial score (nSPS) is 13.1. The minimum Gasteiger partial charge on any atom is -0.308 e. The van der Waals surface area contributed by atoms with Crippen LogP contribution in [0.15, 0.2) is 30.3 Å². The summed E-state index contributed by atoms with van der Waals surface area (Å²) in [7, 11) is 0. The first-order chi connectivity index (χ1) is 7.68. The van der Waals surface area contributed by atoms with E-state index in [1.54, 1.807) is 0 Å². The smallest absolute Gasteiger partial charge is 0.148 e. The molecule has 16 heavy (non-hydrogen) atoms. The maximum atomic E-state index is 5.60. The molecular formula is C15H22N+. The van der Waals surface area contributed by atoms with Gasteiger partial charge in [-0.15, -0.1) is 6.42 Å². The van der Waals surface area contributed by atoms with E-state index in [1.165, 1.54) is 5.56 Å². The molecule has 0 aliphatic heterocycles. The van der Waals surface area contributed by atoms with Crippen LogP contribution in [0, 0.1) is 12.3 Å². The van der Waals surface area contributed by atoms with E-state index in [1.807, 2.05) is 0 Å². The van der Waals surface area contributed by atoms with Gasteiger partial charge in [0.1, 0.15) is 12.6 Å². The Morgan fingerprint density at radius 1 is 1.19 bits per heavy atom. The lowest BCUT2D eigenvalue weighted by Crippen LogP contribution is -2.52. The standard InChI is InChI=1S/C15H22N/c1-5-14(4)16(6-2,7-3)13-15-11-9-8-10-12-15/h1,8-12,14H,6-7,13H2,2-4H3/q+1/t14-/m1/s1. The summed E-state index contributed by atoms with van der Waals surface area (Å²) >= 11 is 0. The average molecular weight is 216 g/mol. The molecule has 0 heterocycles. The van der Waals surface area contributed by atoms with Gasteiger partial charge in [-0.1, -0.05) is 30.3 Å². The van der Waals surface area contributed by atoms with Gasteiger partial charge in [0.05, 0.1) is 13.1 Å². The van der Waals surface area contributed by atoms with Crippen LogP contribution in [-0.4, -0.2) is 23.6 Å². The van der Waals surface area contributed by atoms with E-state index in [-0.39, 0.29) is 6.04 Å². The third-order valence-electron chi connectivity index (χ3n) is 3.66. The summed E-state index contributed by atoms with van der Waals surface area (Å²) in [5, 5.41) is 0. The van der Waals surface area contributed by atoms with Gasteiger partial charge in [0, 0.05) is 5.56 Å². The SMILES string of the molecule is C#C[C@@H](C)[N+](CC)(CC)Cc1ccccc1. The van der Waals surface area contributed by atoms with Crippen molar-refractivity contribution in [2.45, 2.75) is 33.4 Å². The third-order valence-corrected chi connectivity index (χ3v) is 3.66. The molecule has 0 unspecified atom stereocenters. The van der Waals surface area contributed by atoms with Crippen LogP contribution in [0.2, 0.25) is 0 Å². The molecule has 0 aromatic heterocycles. The van der Waals surface area contributed by atoms with Crippen molar-refractivity contribution in [3.63, 3.8) is 0 Å². The van der Waals surface area contributed by atoms with Gasteiger partial charge in [-0.05, 0) is 26.7 Å². The first kappa shape index (κ1) is 12.8. The topological polar surface area (TPSA) is 0 Å². The van der Waals surface area contributed by atoms with Gasteiger partial charge in [0.15, 0.2) is 0 Å². The first-order valence-corrected chi connectivity index (χ1v) is 6.04. The van der Waals surface area contributed by atoms with E-state index < -0.39 is 0 Å². The minimum absolute atomic E-state index is 0.273. The molecule has 1 aromatic carbocycles. The summed E-state index contributed by atoms with van der Waals surface area (Å²) in [5.74, 6) is 2.90. The molecule has 0 N–H and O–H groups in total. The van der Waals surface area contributed by atoms with Crippen LogP contribution < -0.4 is 0 Å². The molecule has 0 aliphatic rings. The largest absolute Gasteiger partial charge is 0.308 e. The zero-order chi connectivity index (χ0) is 12.0. The summed E-state index contributed by atoms with van der Waals surface area (Å²) in [6.07, 6.45) is 5.60. The van der Waals surface area contributed by atoms with Crippen LogP contribution in [0.25, 0.3) is 0 Å². The number of benzene rings is 1. The van der Waals surface area contributed by atoms with Crippen LogP contribution in [0.3, 0.4) is 0 Å². The Morgan fingerprint density at radius 2 is 1.75 bits per heavy atom. The summed E-state index contributed by atoms with van der Waals surface area (Å²) in [5.41, 5.74) is 1.37. The first-order valence-electron chi connectivity index (χ1n) is 6.04. The zero-order valence-corrected chi connectivity index (χ0v) is 10.6. The molecule has 1 nitrogen and oxygen atoms in total. The molecule has 0 amide bonds. The van der Waals surface area contributed by atoms with Crippen molar-refractivity contribution >= 4 is 0 Å². The van der Waals surface area contributed by atoms with Crippen molar-refractivity contribution < 1.29 is 4.48 Å². The fraction of sp³-hybridized carbons (Fsp3) is 0.467. The summed E-state index contributed by atoms with van der Waals surface area (Å²) in [4.78, 5) is 0. The van der Waals surface area contributed by atoms with Crippen LogP contribution >= 0.6 is 0 Å². The maximum absolute atomic E-state index is 5.60. The highest BCUT2D eigenvalue weighted by molar-refractivity contribution is 5.13. The predicted molar refractivity (Wildman–Crippen MR) is 69.8 cm³/mol. The summed E-state index contributed by atoms with van der Waals surface area (Å²) in [6, 6.07) is 10.9. The van der Waals surface area contributed by atoms with Crippen molar-refractivity contribution in [2.75, 3.05) is 13.1 Å². The molecule has 0 bridgehead atoms. The zero-order valence-electron chi connectivity index (χ0n) is 10.6. The van der Waals surface area contributed by atoms with E-state index >= 15 is 0 Å². The van der Waals surface area contributed by atoms with Crippen molar-refractivity contribution in [3.8, 4) is 12.3 Å². The van der Waals surface area contributed by atoms with E-state index in [0.29, 0.717) is 0 Å². The molecule has 1 atom stereocenters. The van der Waals surface area contributed by atoms with Crippen molar-refractivity contribution in [2.24, 2.45) is 0 Å². The van der Waals surface area contributed by atoms with Crippen LogP contribution in [0.1, 0.15) is 26.3 Å². The maximum Gasteiger partial charge on any atom is 0.148 e. The van der Waals surface area contributed by atoms with Crippen molar-refractivity contribution in [1.82, 2.24) is 0 Å². The van der Waals surface area contributed by atoms with Gasteiger partial charge in [-0.3, -0.25) is 0 Å². The van der Waals surface area contributed by atoms with Crippen molar-refractivity contribution in [1.29, 1.82) is 0 Å². The predicted octanol–water partition coefficient (Wildman–Crippen LogP) is 3.06. The third kappa shape index (κ3) is 2.65. The second-order valence-corrected chi connectivity index (χ2v) is 4.34. The van der Waals surface area contributed by atoms with E-state index in [2.05, 4.69) is 57.0 Å². The van der Waals surface area contributed by atoms with Crippen LogP contribution in [0.4, 0.5) is 0 Å². The van der Waals surface area contributed by atoms with Gasteiger partial charge in [0.25, 0.3) is 0 Å². The van der Waals surface area contributed by atoms with Gasteiger partial charge in [-0.25, -0.2) is 0 Å². The van der Waals surface area contributed by atoms with Gasteiger partial charge in [-0.2, -0.15) is 0 Å². The lowest BCUT2D eigenvalue weighted by molar-refractivity contribution is -0.951. The molecule has 0 saturated carbocycles. The van der Waals surface area contributed by atoms with E-state index in [4.69, 9.17) is 6.42 Å². The molecule has 86 valence electrons. The Morgan fingerprint density at radius 3 is 2.19 bits per heavy atom. The highest BCUT2D eigenvalue weighted by Crippen LogP contribution is 2.18. The number of terminal acetylenes is 1. The molecule has 0 saturated heterocycles. The highest BCUT2D eigenvalue weighted by Gasteiger charge is 2.29. The Kier molecular flexibility index (Phi) is 4.58. The second kappa shape index (κ2) is 5.72. The molecule has 1 heteroatoms. The number of nitrogens with zero attached hydrogens (tertiary/aromatic N) is 1. The lowest BCUT2D eigenvalue weighted by Gasteiger charge is -2.40. The quantitative estimate of drug-likeness (QED) is 0.524. The second-order valence-electron chi connectivity index (χ2n) is 4.34. The molecule has 0 aliphatic carbocycles. The summed E-state index contributed by atoms with van der Waals surface area (Å²) in [6.45, 7) is 9.78. The molecule has 0 radical (unpaired) electrons. The monoisotopic (exact) mass is 216 g/mol. The van der Waals surface area contributed by atoms with Gasteiger partial charge < -0.3 is 4.48 Å². The molecular weight excluding hydrogens is 194 g/mol. The Balaban J connectivity index is 2.92. The summed E-state index contributed by atoms with van der Waals surface area (Å²) < 4.78 is 0.973. The fourth-order valence-electron chi connectivity index (χ4n) is 2.24. The highest BCUT2D eigenvalue weighted by atomic mass is 15.4. The molecule has 0 fully saturated rings. The van der Waals surface area contributed by atoms with E-state index in [9.17, 15) is 0 Å². The Bertz CT molecular complexity index is 343. The molecule has 1 aromatic rings. The van der Waals surface area contributed by atoms with E-state index in [0.717, 1.165) is 24.1 Å². The lowest BCUT2D eigenvalue weighted by atomic mass is 10.1. The van der Waals surface area contributed by atoms with Gasteiger partial charge in [0.2, 0.25) is 0 Å². The van der Waals surface area contributed by atoms with Crippen LogP contribution in [0.5, 0.6) is 0 Å². The Hall–Kier alpha value is -1.26. The van der Waals surface area contributed by atoms with Crippen molar-refractivity contribution in [3.05, 3.63) is 35.9 Å². The fourth-order valence-corrected chi connectivity index (χ4v) is 2.24. The minimum atomic E-state index is 0.273. The number of hydrogen-bond acceptors (Lipinski definition) is 0. The van der Waals surface area contributed by atoms with Crippen LogP contribution in [-0.2, 0) is 6.54 Å². The number of quaternary nitrogens is 1. The molecule has 1 rings (SSSR count). The Labute approximate surface area is 99.7 Å².